The number of anilines is 1. The van der Waals surface area contributed by atoms with E-state index in [4.69, 9.17) is 0 Å². The van der Waals surface area contributed by atoms with Gasteiger partial charge in [-0.15, -0.1) is 0 Å². The fraction of sp³-hybridized carbons (Fsp3) is 0.400. The Morgan fingerprint density at radius 3 is 2.48 bits per heavy atom. The van der Waals surface area contributed by atoms with E-state index in [0.29, 0.717) is 18.5 Å². The number of hydrogen-bond acceptors (Lipinski definition) is 5. The lowest BCUT2D eigenvalue weighted by atomic mass is 10.1. The van der Waals surface area contributed by atoms with Crippen molar-refractivity contribution in [3.8, 4) is 0 Å². The molecule has 2 heterocycles. The highest BCUT2D eigenvalue weighted by atomic mass is 32.2. The van der Waals surface area contributed by atoms with E-state index in [1.165, 1.54) is 5.56 Å². The maximum Gasteiger partial charge on any atom is 0.255 e. The first-order valence-corrected chi connectivity index (χ1v) is 10.9. The van der Waals surface area contributed by atoms with Gasteiger partial charge in [0.05, 0.1) is 17.1 Å². The van der Waals surface area contributed by atoms with Gasteiger partial charge in [-0.05, 0) is 31.0 Å². The average Bonchev–Trinajstić information content (AvgIpc) is 3.02. The Morgan fingerprint density at radius 2 is 1.93 bits per heavy atom. The number of nitrogens with zero attached hydrogens (tertiary/aromatic N) is 3. The second-order valence-corrected chi connectivity index (χ2v) is 9.12. The van der Waals surface area contributed by atoms with Gasteiger partial charge in [-0.3, -0.25) is 4.79 Å². The molecule has 3 rings (SSSR count). The van der Waals surface area contributed by atoms with E-state index in [2.05, 4.69) is 17.1 Å². The zero-order valence-corrected chi connectivity index (χ0v) is 16.5. The molecule has 1 aromatic heterocycles. The number of rotatable bonds is 6. The molecule has 0 spiro atoms. The van der Waals surface area contributed by atoms with Crippen molar-refractivity contribution in [2.75, 3.05) is 30.0 Å². The SMILES string of the molecule is CCN(C(=O)c1ccc(N(C)Cc2ccccc2)nc1)C1CCS(=O)(=O)C1. The van der Waals surface area contributed by atoms with Crippen LogP contribution >= 0.6 is 0 Å². The van der Waals surface area contributed by atoms with Crippen LogP contribution in [0.25, 0.3) is 0 Å². The minimum absolute atomic E-state index is 0.0535. The summed E-state index contributed by atoms with van der Waals surface area (Å²) in [6.07, 6.45) is 2.08. The third-order valence-corrected chi connectivity index (χ3v) is 6.65. The third kappa shape index (κ3) is 4.66. The van der Waals surface area contributed by atoms with Crippen molar-refractivity contribution >= 4 is 21.6 Å². The molecule has 1 atom stereocenters. The van der Waals surface area contributed by atoms with Gasteiger partial charge in [-0.1, -0.05) is 30.3 Å². The first-order valence-electron chi connectivity index (χ1n) is 9.12. The van der Waals surface area contributed by atoms with Gasteiger partial charge < -0.3 is 9.80 Å². The molecule has 7 heteroatoms. The normalized spacial score (nSPS) is 18.2. The van der Waals surface area contributed by atoms with Crippen LogP contribution in [0.5, 0.6) is 0 Å². The lowest BCUT2D eigenvalue weighted by molar-refractivity contribution is 0.0708. The first kappa shape index (κ1) is 19.4. The number of amides is 1. The van der Waals surface area contributed by atoms with Gasteiger partial charge in [0, 0.05) is 32.4 Å². The summed E-state index contributed by atoms with van der Waals surface area (Å²) in [6.45, 7) is 3.08. The highest BCUT2D eigenvalue weighted by Gasteiger charge is 2.34. The van der Waals surface area contributed by atoms with Crippen molar-refractivity contribution in [1.82, 2.24) is 9.88 Å². The number of sulfone groups is 1. The molecule has 2 aromatic rings. The van der Waals surface area contributed by atoms with Crippen molar-refractivity contribution in [2.24, 2.45) is 0 Å². The lowest BCUT2D eigenvalue weighted by Crippen LogP contribution is -2.41. The minimum atomic E-state index is -3.03. The van der Waals surface area contributed by atoms with E-state index in [1.807, 2.05) is 43.1 Å². The van der Waals surface area contributed by atoms with Crippen molar-refractivity contribution in [1.29, 1.82) is 0 Å². The summed E-state index contributed by atoms with van der Waals surface area (Å²) < 4.78 is 23.5. The van der Waals surface area contributed by atoms with Crippen molar-refractivity contribution in [3.05, 3.63) is 59.8 Å². The largest absolute Gasteiger partial charge is 0.355 e. The van der Waals surface area contributed by atoms with Gasteiger partial charge in [0.15, 0.2) is 9.84 Å². The predicted octanol–water partition coefficient (Wildman–Crippen LogP) is 2.37. The van der Waals surface area contributed by atoms with Crippen LogP contribution in [0, 0.1) is 0 Å². The Hall–Kier alpha value is -2.41. The van der Waals surface area contributed by atoms with Gasteiger partial charge >= 0.3 is 0 Å². The van der Waals surface area contributed by atoms with Gasteiger partial charge in [0.25, 0.3) is 5.91 Å². The Kier molecular flexibility index (Phi) is 5.79. The van der Waals surface area contributed by atoms with E-state index in [1.54, 1.807) is 17.2 Å². The Balaban J connectivity index is 1.69. The van der Waals surface area contributed by atoms with Gasteiger partial charge in [0.2, 0.25) is 0 Å². The van der Waals surface area contributed by atoms with Crippen molar-refractivity contribution < 1.29 is 13.2 Å². The molecular weight excluding hydrogens is 362 g/mol. The molecule has 1 unspecified atom stereocenters. The molecule has 144 valence electrons. The van der Waals surface area contributed by atoms with Gasteiger partial charge in [0.1, 0.15) is 5.82 Å². The highest BCUT2D eigenvalue weighted by Crippen LogP contribution is 2.20. The molecule has 1 aliphatic rings. The van der Waals surface area contributed by atoms with Crippen LogP contribution in [0.3, 0.4) is 0 Å². The zero-order chi connectivity index (χ0) is 19.4. The molecule has 6 nitrogen and oxygen atoms in total. The summed E-state index contributed by atoms with van der Waals surface area (Å²) in [5.74, 6) is 0.826. The fourth-order valence-corrected chi connectivity index (χ4v) is 5.16. The van der Waals surface area contributed by atoms with E-state index in [-0.39, 0.29) is 23.5 Å². The monoisotopic (exact) mass is 387 g/mol. The maximum absolute atomic E-state index is 12.8. The smallest absolute Gasteiger partial charge is 0.255 e. The molecule has 1 saturated heterocycles. The molecule has 0 aliphatic carbocycles. The Morgan fingerprint density at radius 1 is 1.19 bits per heavy atom. The van der Waals surface area contributed by atoms with Crippen LogP contribution in [0.2, 0.25) is 0 Å². The standard InChI is InChI=1S/C20H25N3O3S/c1-3-23(18-11-12-27(25,26)15-18)20(24)17-9-10-19(21-13-17)22(2)14-16-7-5-4-6-8-16/h4-10,13,18H,3,11-12,14-15H2,1-2H3. The quantitative estimate of drug-likeness (QED) is 0.761. The van der Waals surface area contributed by atoms with E-state index in [9.17, 15) is 13.2 Å². The summed E-state index contributed by atoms with van der Waals surface area (Å²) in [5, 5.41) is 0. The molecule has 1 fully saturated rings. The van der Waals surface area contributed by atoms with Gasteiger partial charge in [-0.25, -0.2) is 13.4 Å². The third-order valence-electron chi connectivity index (χ3n) is 4.90. The average molecular weight is 388 g/mol. The molecular formula is C20H25N3O3S. The molecule has 0 saturated carbocycles. The molecule has 0 N–H and O–H groups in total. The number of carbonyl (C=O) groups excluding carboxylic acids is 1. The van der Waals surface area contributed by atoms with E-state index >= 15 is 0 Å². The molecule has 0 bridgehead atoms. The van der Waals surface area contributed by atoms with Crippen LogP contribution in [0.15, 0.2) is 48.7 Å². The molecule has 27 heavy (non-hydrogen) atoms. The zero-order valence-electron chi connectivity index (χ0n) is 15.7. The summed E-state index contributed by atoms with van der Waals surface area (Å²) in [6, 6.07) is 13.5. The Labute approximate surface area is 160 Å². The molecule has 0 radical (unpaired) electrons. The van der Waals surface area contributed by atoms with Crippen LogP contribution < -0.4 is 4.90 Å². The number of carbonyl (C=O) groups is 1. The van der Waals surface area contributed by atoms with E-state index in [0.717, 1.165) is 12.4 Å². The second kappa shape index (κ2) is 8.08. The summed E-state index contributed by atoms with van der Waals surface area (Å²) in [7, 11) is -1.07. The number of benzene rings is 1. The lowest BCUT2D eigenvalue weighted by Gasteiger charge is -2.27. The first-order chi connectivity index (χ1) is 12.9. The summed E-state index contributed by atoms with van der Waals surface area (Å²) in [4.78, 5) is 20.9. The van der Waals surface area contributed by atoms with E-state index < -0.39 is 9.84 Å². The Bertz CT molecular complexity index is 882. The van der Waals surface area contributed by atoms with Crippen LogP contribution in [-0.4, -0.2) is 55.3 Å². The molecule has 1 aliphatic heterocycles. The second-order valence-electron chi connectivity index (χ2n) is 6.89. The maximum atomic E-state index is 12.8. The summed E-state index contributed by atoms with van der Waals surface area (Å²) in [5.41, 5.74) is 1.67. The van der Waals surface area contributed by atoms with Crippen LogP contribution in [0.1, 0.15) is 29.3 Å². The number of hydrogen-bond donors (Lipinski definition) is 0. The fourth-order valence-electron chi connectivity index (χ4n) is 3.43. The van der Waals surface area contributed by atoms with Crippen LogP contribution in [-0.2, 0) is 16.4 Å². The van der Waals surface area contributed by atoms with Crippen LogP contribution in [0.4, 0.5) is 5.82 Å². The number of pyridine rings is 1. The molecule has 1 amide bonds. The topological polar surface area (TPSA) is 70.6 Å². The molecule has 1 aromatic carbocycles. The summed E-state index contributed by atoms with van der Waals surface area (Å²) >= 11 is 0. The number of aromatic nitrogens is 1. The van der Waals surface area contributed by atoms with Gasteiger partial charge in [-0.2, -0.15) is 0 Å². The minimum Gasteiger partial charge on any atom is -0.355 e. The highest BCUT2D eigenvalue weighted by molar-refractivity contribution is 7.91. The predicted molar refractivity (Wildman–Crippen MR) is 107 cm³/mol. The van der Waals surface area contributed by atoms with Crippen molar-refractivity contribution in [2.45, 2.75) is 25.9 Å². The van der Waals surface area contributed by atoms with Crippen molar-refractivity contribution in [3.63, 3.8) is 0 Å².